The molecule has 0 spiro atoms. The fourth-order valence-electron chi connectivity index (χ4n) is 3.95. The Morgan fingerprint density at radius 2 is 2.17 bits per heavy atom. The van der Waals surface area contributed by atoms with E-state index in [-0.39, 0.29) is 0 Å². The van der Waals surface area contributed by atoms with E-state index >= 15 is 0 Å². The Kier molecular flexibility index (Phi) is 6.22. The molecule has 0 saturated carbocycles. The monoisotopic (exact) mass is 392 g/mol. The average molecular weight is 393 g/mol. The number of nitrogens with zero attached hydrogens (tertiary/aromatic N) is 3. The lowest BCUT2D eigenvalue weighted by molar-refractivity contribution is 0.132. The van der Waals surface area contributed by atoms with E-state index in [2.05, 4.69) is 27.5 Å². The summed E-state index contributed by atoms with van der Waals surface area (Å²) >= 11 is 0. The van der Waals surface area contributed by atoms with Crippen molar-refractivity contribution in [2.75, 3.05) is 13.7 Å². The molecule has 1 aromatic carbocycles. The van der Waals surface area contributed by atoms with Gasteiger partial charge in [-0.25, -0.2) is 9.67 Å². The molecule has 0 saturated heterocycles. The second kappa shape index (κ2) is 9.20. The summed E-state index contributed by atoms with van der Waals surface area (Å²) in [6, 6.07) is 12.5. The minimum Gasteiger partial charge on any atom is -0.496 e. The smallest absolute Gasteiger partial charge is 0.153 e. The topological polar surface area (TPSA) is 61.2 Å². The van der Waals surface area contributed by atoms with Crippen LogP contribution in [0.25, 0.3) is 5.82 Å². The van der Waals surface area contributed by atoms with Crippen LogP contribution < -0.4 is 10.1 Å². The molecule has 0 fully saturated rings. The largest absolute Gasteiger partial charge is 0.496 e. The summed E-state index contributed by atoms with van der Waals surface area (Å²) < 4.78 is 13.0. The fourth-order valence-corrected chi connectivity index (χ4v) is 3.95. The maximum atomic E-state index is 5.59. The Balaban J connectivity index is 1.49. The summed E-state index contributed by atoms with van der Waals surface area (Å²) in [7, 11) is 1.70. The van der Waals surface area contributed by atoms with E-state index < -0.39 is 0 Å². The molecule has 152 valence electrons. The second-order valence-electron chi connectivity index (χ2n) is 7.26. The summed E-state index contributed by atoms with van der Waals surface area (Å²) in [5, 5.41) is 8.35. The summed E-state index contributed by atoms with van der Waals surface area (Å²) in [6.07, 6.45) is 7.09. The molecule has 1 aliphatic carbocycles. The molecule has 2 aromatic heterocycles. The van der Waals surface area contributed by atoms with Crippen molar-refractivity contribution in [1.82, 2.24) is 20.1 Å². The van der Waals surface area contributed by atoms with Gasteiger partial charge >= 0.3 is 0 Å². The zero-order valence-electron chi connectivity index (χ0n) is 17.1. The Hall–Kier alpha value is -2.70. The van der Waals surface area contributed by atoms with Gasteiger partial charge in [0.2, 0.25) is 0 Å². The van der Waals surface area contributed by atoms with E-state index in [1.165, 1.54) is 16.8 Å². The molecule has 1 atom stereocenters. The van der Waals surface area contributed by atoms with Crippen molar-refractivity contribution in [1.29, 1.82) is 0 Å². The first-order chi connectivity index (χ1) is 14.3. The van der Waals surface area contributed by atoms with Crippen LogP contribution in [0.3, 0.4) is 0 Å². The Morgan fingerprint density at radius 1 is 1.24 bits per heavy atom. The lowest BCUT2D eigenvalue weighted by atomic mass is 9.92. The van der Waals surface area contributed by atoms with Crippen LogP contribution in [0.1, 0.15) is 48.2 Å². The van der Waals surface area contributed by atoms with Crippen molar-refractivity contribution in [3.05, 3.63) is 71.2 Å². The lowest BCUT2D eigenvalue weighted by Gasteiger charge is -2.24. The number of ether oxygens (including phenoxy) is 2. The number of hydrogen-bond acceptors (Lipinski definition) is 5. The highest BCUT2D eigenvalue weighted by Crippen LogP contribution is 2.31. The number of nitrogens with one attached hydrogen (secondary N) is 1. The van der Waals surface area contributed by atoms with E-state index in [1.807, 2.05) is 48.3 Å². The lowest BCUT2D eigenvalue weighted by Crippen LogP contribution is -2.25. The zero-order valence-corrected chi connectivity index (χ0v) is 17.1. The summed E-state index contributed by atoms with van der Waals surface area (Å²) in [5.41, 5.74) is 4.86. The minimum atomic E-state index is 0.300. The van der Waals surface area contributed by atoms with Crippen LogP contribution in [0.2, 0.25) is 0 Å². The summed E-state index contributed by atoms with van der Waals surface area (Å²) in [5.74, 6) is 1.75. The molecule has 6 heteroatoms. The maximum Gasteiger partial charge on any atom is 0.153 e. The van der Waals surface area contributed by atoms with Crippen molar-refractivity contribution in [2.24, 2.45) is 0 Å². The van der Waals surface area contributed by atoms with Gasteiger partial charge in [0.25, 0.3) is 0 Å². The molecule has 29 heavy (non-hydrogen) atoms. The molecule has 0 aliphatic heterocycles. The number of pyridine rings is 1. The van der Waals surface area contributed by atoms with Gasteiger partial charge in [-0.15, -0.1) is 0 Å². The normalized spacial score (nSPS) is 15.9. The van der Waals surface area contributed by atoms with Gasteiger partial charge in [0.05, 0.1) is 25.6 Å². The molecule has 1 aliphatic rings. The van der Waals surface area contributed by atoms with Crippen molar-refractivity contribution in [3.63, 3.8) is 0 Å². The molecule has 2 heterocycles. The van der Waals surface area contributed by atoms with Crippen LogP contribution >= 0.6 is 0 Å². The second-order valence-corrected chi connectivity index (χ2v) is 7.26. The number of aromatic nitrogens is 3. The van der Waals surface area contributed by atoms with Crippen LogP contribution in [0.4, 0.5) is 0 Å². The first-order valence-electron chi connectivity index (χ1n) is 10.2. The number of methoxy groups -OCH3 is 1. The van der Waals surface area contributed by atoms with Crippen LogP contribution in [-0.2, 0) is 24.3 Å². The van der Waals surface area contributed by atoms with Crippen molar-refractivity contribution < 1.29 is 9.47 Å². The highest BCUT2D eigenvalue weighted by Gasteiger charge is 2.24. The summed E-state index contributed by atoms with van der Waals surface area (Å²) in [4.78, 5) is 4.45. The van der Waals surface area contributed by atoms with E-state index in [4.69, 9.17) is 9.47 Å². The fraction of sp³-hybridized carbons (Fsp3) is 0.391. The third kappa shape index (κ3) is 4.33. The number of hydrogen-bond donors (Lipinski definition) is 1. The molecule has 6 nitrogen and oxygen atoms in total. The molecule has 0 bridgehead atoms. The van der Waals surface area contributed by atoms with Gasteiger partial charge in [-0.2, -0.15) is 5.10 Å². The number of rotatable bonds is 8. The Morgan fingerprint density at radius 3 is 2.97 bits per heavy atom. The van der Waals surface area contributed by atoms with E-state index in [0.29, 0.717) is 19.3 Å². The predicted octanol–water partition coefficient (Wildman–Crippen LogP) is 3.98. The van der Waals surface area contributed by atoms with Gasteiger partial charge in [0.15, 0.2) is 5.82 Å². The molecule has 4 rings (SSSR count). The molecule has 0 radical (unpaired) electrons. The highest BCUT2D eigenvalue weighted by atomic mass is 16.5. The van der Waals surface area contributed by atoms with Crippen LogP contribution in [0.5, 0.6) is 5.75 Å². The van der Waals surface area contributed by atoms with Gasteiger partial charge in [0, 0.05) is 36.5 Å². The standard InChI is InChI=1S/C23H28N4O2/c1-3-29-16-18-13-17(10-11-22(18)28-2)14-25-20-7-6-8-21-19(20)15-26-27(21)23-9-4-5-12-24-23/h4-5,9-13,15,20,25H,3,6-8,14,16H2,1-2H3. The van der Waals surface area contributed by atoms with Crippen LogP contribution in [-0.4, -0.2) is 28.5 Å². The molecule has 1 unspecified atom stereocenters. The van der Waals surface area contributed by atoms with Crippen LogP contribution in [0.15, 0.2) is 48.8 Å². The first-order valence-corrected chi connectivity index (χ1v) is 10.2. The van der Waals surface area contributed by atoms with E-state index in [0.717, 1.165) is 42.9 Å². The first kappa shape index (κ1) is 19.6. The van der Waals surface area contributed by atoms with Gasteiger partial charge in [-0.1, -0.05) is 12.1 Å². The third-order valence-electron chi connectivity index (χ3n) is 5.41. The Bertz CT molecular complexity index is 939. The van der Waals surface area contributed by atoms with Gasteiger partial charge < -0.3 is 14.8 Å². The average Bonchev–Trinajstić information content (AvgIpc) is 3.21. The molecular formula is C23H28N4O2. The molecule has 3 aromatic rings. The van der Waals surface area contributed by atoms with Gasteiger partial charge in [-0.05, 0) is 56.0 Å². The van der Waals surface area contributed by atoms with E-state index in [1.54, 1.807) is 7.11 Å². The summed E-state index contributed by atoms with van der Waals surface area (Å²) in [6.45, 7) is 4.06. The minimum absolute atomic E-state index is 0.300. The molecule has 1 N–H and O–H groups in total. The van der Waals surface area contributed by atoms with Crippen molar-refractivity contribution >= 4 is 0 Å². The van der Waals surface area contributed by atoms with Crippen molar-refractivity contribution in [3.8, 4) is 11.6 Å². The van der Waals surface area contributed by atoms with Gasteiger partial charge in [0.1, 0.15) is 5.75 Å². The van der Waals surface area contributed by atoms with E-state index in [9.17, 15) is 0 Å². The SMILES string of the molecule is CCOCc1cc(CNC2CCCc3c2cnn3-c2ccccn2)ccc1OC. The maximum absolute atomic E-state index is 5.59. The predicted molar refractivity (Wildman–Crippen MR) is 112 cm³/mol. The van der Waals surface area contributed by atoms with Gasteiger partial charge in [-0.3, -0.25) is 0 Å². The number of benzene rings is 1. The molecular weight excluding hydrogens is 364 g/mol. The number of fused-ring (bicyclic) bond motifs is 1. The third-order valence-corrected chi connectivity index (χ3v) is 5.41. The Labute approximate surface area is 171 Å². The molecule has 0 amide bonds. The van der Waals surface area contributed by atoms with Crippen LogP contribution in [0, 0.1) is 0 Å². The quantitative estimate of drug-likeness (QED) is 0.628. The highest BCUT2D eigenvalue weighted by molar-refractivity contribution is 5.37. The van der Waals surface area contributed by atoms with Crippen molar-refractivity contribution in [2.45, 2.75) is 45.4 Å². The zero-order chi connectivity index (χ0) is 20.1.